The first-order valence-electron chi connectivity index (χ1n) is 5.02. The normalized spacial score (nSPS) is 12.8. The third-order valence-electron chi connectivity index (χ3n) is 1.75. The van der Waals surface area contributed by atoms with Gasteiger partial charge in [-0.3, -0.25) is 4.79 Å². The van der Waals surface area contributed by atoms with Gasteiger partial charge in [0.25, 0.3) is 0 Å². The van der Waals surface area contributed by atoms with E-state index < -0.39 is 0 Å². The highest BCUT2D eigenvalue weighted by Crippen LogP contribution is 2.27. The van der Waals surface area contributed by atoms with Crippen LogP contribution in [0.1, 0.15) is 20.8 Å². The number of carbonyl (C=O) groups is 1. The smallest absolute Gasteiger partial charge is 0.233 e. The lowest BCUT2D eigenvalue weighted by Crippen LogP contribution is -2.33. The summed E-state index contributed by atoms with van der Waals surface area (Å²) in [5.41, 5.74) is 5.46. The van der Waals surface area contributed by atoms with E-state index in [0.29, 0.717) is 17.6 Å². The summed E-state index contributed by atoms with van der Waals surface area (Å²) < 4.78 is 0.727. The van der Waals surface area contributed by atoms with Crippen molar-refractivity contribution in [3.05, 3.63) is 0 Å². The van der Waals surface area contributed by atoms with E-state index in [-0.39, 0.29) is 11.2 Å². The minimum absolute atomic E-state index is 0.0208. The number of nitrogen functional groups attached to an aromatic ring is 1. The monoisotopic (exact) mass is 260 g/mol. The molecule has 0 bridgehead atoms. The van der Waals surface area contributed by atoms with Crippen LogP contribution in [0.3, 0.4) is 0 Å². The lowest BCUT2D eigenvalue weighted by Gasteiger charge is -2.11. The molecule has 1 amide bonds. The fraction of sp³-hybridized carbons (Fsp3) is 0.667. The summed E-state index contributed by atoms with van der Waals surface area (Å²) in [6, 6.07) is 0. The molecule has 0 saturated carbocycles. The molecule has 0 aromatic carbocycles. The molecule has 0 radical (unpaired) electrons. The first-order valence-corrected chi connectivity index (χ1v) is 6.72. The first-order chi connectivity index (χ1) is 7.49. The molecule has 1 unspecified atom stereocenters. The van der Waals surface area contributed by atoms with Gasteiger partial charge in [-0.05, 0) is 12.8 Å². The third-order valence-corrected chi connectivity index (χ3v) is 3.69. The molecule has 0 spiro atoms. The van der Waals surface area contributed by atoms with E-state index in [2.05, 4.69) is 29.4 Å². The fourth-order valence-corrected chi connectivity index (χ4v) is 2.73. The molecule has 1 heterocycles. The molecular formula is C9H16N4OS2. The second kappa shape index (κ2) is 6.05. The van der Waals surface area contributed by atoms with Crippen LogP contribution in [0, 0.1) is 5.92 Å². The number of amides is 1. The molecule has 0 aliphatic heterocycles. The van der Waals surface area contributed by atoms with E-state index in [9.17, 15) is 4.79 Å². The van der Waals surface area contributed by atoms with Crippen LogP contribution in [0.4, 0.5) is 5.13 Å². The Morgan fingerprint density at radius 1 is 1.50 bits per heavy atom. The maximum Gasteiger partial charge on any atom is 0.233 e. The average molecular weight is 260 g/mol. The zero-order chi connectivity index (χ0) is 12.1. The minimum atomic E-state index is -0.175. The van der Waals surface area contributed by atoms with Crippen molar-refractivity contribution in [2.75, 3.05) is 12.3 Å². The van der Waals surface area contributed by atoms with Crippen molar-refractivity contribution < 1.29 is 4.79 Å². The van der Waals surface area contributed by atoms with E-state index in [1.807, 2.05) is 6.92 Å². The molecule has 5 nitrogen and oxygen atoms in total. The van der Waals surface area contributed by atoms with Gasteiger partial charge in [0, 0.05) is 6.54 Å². The Kier molecular flexibility index (Phi) is 5.01. The summed E-state index contributed by atoms with van der Waals surface area (Å²) in [6.45, 7) is 6.66. The van der Waals surface area contributed by atoms with E-state index in [0.717, 1.165) is 4.34 Å². The average Bonchev–Trinajstić information content (AvgIpc) is 2.60. The van der Waals surface area contributed by atoms with Gasteiger partial charge < -0.3 is 11.1 Å². The van der Waals surface area contributed by atoms with Crippen molar-refractivity contribution in [3.8, 4) is 0 Å². The van der Waals surface area contributed by atoms with Gasteiger partial charge in [0.15, 0.2) is 4.34 Å². The maximum atomic E-state index is 11.7. The molecule has 0 aliphatic carbocycles. The number of aromatic nitrogens is 2. The van der Waals surface area contributed by atoms with Crippen LogP contribution < -0.4 is 11.1 Å². The summed E-state index contributed by atoms with van der Waals surface area (Å²) in [5, 5.41) is 10.7. The standard InChI is InChI=1S/C9H16N4OS2/c1-5(2)4-11-7(14)6(3)15-9-13-12-8(10)16-9/h5-6H,4H2,1-3H3,(H2,10,12)(H,11,14). The SMILES string of the molecule is CC(C)CNC(=O)C(C)Sc1nnc(N)s1. The summed E-state index contributed by atoms with van der Waals surface area (Å²) in [7, 11) is 0. The van der Waals surface area contributed by atoms with Crippen LogP contribution in [0.2, 0.25) is 0 Å². The number of nitrogens with one attached hydrogen (secondary N) is 1. The molecule has 1 atom stereocenters. The van der Waals surface area contributed by atoms with Gasteiger partial charge in [0.1, 0.15) is 0 Å². The Morgan fingerprint density at radius 3 is 2.69 bits per heavy atom. The summed E-state index contributed by atoms with van der Waals surface area (Å²) >= 11 is 2.67. The Labute approximate surface area is 103 Å². The van der Waals surface area contributed by atoms with Crippen molar-refractivity contribution in [2.45, 2.75) is 30.4 Å². The van der Waals surface area contributed by atoms with Gasteiger partial charge in [0.05, 0.1) is 5.25 Å². The number of rotatable bonds is 5. The predicted octanol–water partition coefficient (Wildman–Crippen LogP) is 1.37. The quantitative estimate of drug-likeness (QED) is 0.782. The van der Waals surface area contributed by atoms with E-state index in [1.165, 1.54) is 23.1 Å². The zero-order valence-corrected chi connectivity index (χ0v) is 11.2. The van der Waals surface area contributed by atoms with Gasteiger partial charge in [-0.2, -0.15) is 0 Å². The van der Waals surface area contributed by atoms with Crippen LogP contribution >= 0.6 is 23.1 Å². The number of carbonyl (C=O) groups excluding carboxylic acids is 1. The topological polar surface area (TPSA) is 80.9 Å². The Bertz CT molecular complexity index is 353. The van der Waals surface area contributed by atoms with Gasteiger partial charge in [-0.1, -0.05) is 36.9 Å². The molecule has 1 aromatic heterocycles. The number of hydrogen-bond acceptors (Lipinski definition) is 6. The second-order valence-corrected chi connectivity index (χ2v) is 6.40. The molecular weight excluding hydrogens is 244 g/mol. The van der Waals surface area contributed by atoms with Crippen LogP contribution in [0.25, 0.3) is 0 Å². The number of nitrogens with zero attached hydrogens (tertiary/aromatic N) is 2. The molecule has 0 saturated heterocycles. The molecule has 1 aromatic rings. The number of anilines is 1. The van der Waals surface area contributed by atoms with E-state index in [4.69, 9.17) is 5.73 Å². The lowest BCUT2D eigenvalue weighted by atomic mass is 10.2. The molecule has 90 valence electrons. The van der Waals surface area contributed by atoms with Crippen LogP contribution in [0.5, 0.6) is 0 Å². The predicted molar refractivity (Wildman–Crippen MR) is 67.5 cm³/mol. The number of hydrogen-bond donors (Lipinski definition) is 2. The van der Waals surface area contributed by atoms with Gasteiger partial charge in [-0.25, -0.2) is 0 Å². The number of thioether (sulfide) groups is 1. The highest BCUT2D eigenvalue weighted by atomic mass is 32.2. The highest BCUT2D eigenvalue weighted by molar-refractivity contribution is 8.02. The van der Waals surface area contributed by atoms with Gasteiger partial charge in [0.2, 0.25) is 11.0 Å². The Balaban J connectivity index is 2.39. The lowest BCUT2D eigenvalue weighted by molar-refractivity contribution is -0.120. The minimum Gasteiger partial charge on any atom is -0.374 e. The Morgan fingerprint density at radius 2 is 2.19 bits per heavy atom. The number of nitrogens with two attached hydrogens (primary N) is 1. The summed E-state index contributed by atoms with van der Waals surface area (Å²) in [5.74, 6) is 0.478. The molecule has 1 rings (SSSR count). The van der Waals surface area contributed by atoms with E-state index in [1.54, 1.807) is 0 Å². The van der Waals surface area contributed by atoms with Crippen molar-refractivity contribution in [2.24, 2.45) is 5.92 Å². The molecule has 3 N–H and O–H groups in total. The summed E-state index contributed by atoms with van der Waals surface area (Å²) in [6.07, 6.45) is 0. The largest absolute Gasteiger partial charge is 0.374 e. The second-order valence-electron chi connectivity index (χ2n) is 3.81. The van der Waals surface area contributed by atoms with Crippen molar-refractivity contribution in [1.29, 1.82) is 0 Å². The van der Waals surface area contributed by atoms with Gasteiger partial charge in [-0.15, -0.1) is 10.2 Å². The van der Waals surface area contributed by atoms with Crippen molar-refractivity contribution >= 4 is 34.1 Å². The Hall–Kier alpha value is -0.820. The van der Waals surface area contributed by atoms with Crippen LogP contribution in [0.15, 0.2) is 4.34 Å². The first kappa shape index (κ1) is 13.2. The van der Waals surface area contributed by atoms with Crippen molar-refractivity contribution in [1.82, 2.24) is 15.5 Å². The zero-order valence-electron chi connectivity index (χ0n) is 9.56. The molecule has 0 fully saturated rings. The molecule has 16 heavy (non-hydrogen) atoms. The summed E-state index contributed by atoms with van der Waals surface area (Å²) in [4.78, 5) is 11.7. The fourth-order valence-electron chi connectivity index (χ4n) is 0.921. The van der Waals surface area contributed by atoms with Crippen molar-refractivity contribution in [3.63, 3.8) is 0 Å². The van der Waals surface area contributed by atoms with Gasteiger partial charge >= 0.3 is 0 Å². The van der Waals surface area contributed by atoms with Crippen LogP contribution in [-0.4, -0.2) is 27.9 Å². The van der Waals surface area contributed by atoms with Crippen LogP contribution in [-0.2, 0) is 4.79 Å². The van der Waals surface area contributed by atoms with E-state index >= 15 is 0 Å². The molecule has 7 heteroatoms. The third kappa shape index (κ3) is 4.36. The highest BCUT2D eigenvalue weighted by Gasteiger charge is 2.16. The maximum absolute atomic E-state index is 11.7. The molecule has 0 aliphatic rings.